The molecular weight excluding hydrogens is 207 g/mol. The fourth-order valence-electron chi connectivity index (χ4n) is 1.94. The SMILES string of the molecule is FC(F)(F)OCCNCC1CCCCC1. The fraction of sp³-hybridized carbons (Fsp3) is 1.00. The van der Waals surface area contributed by atoms with E-state index in [4.69, 9.17) is 0 Å². The Morgan fingerprint density at radius 1 is 1.13 bits per heavy atom. The summed E-state index contributed by atoms with van der Waals surface area (Å²) in [4.78, 5) is 0. The summed E-state index contributed by atoms with van der Waals surface area (Å²) in [6.45, 7) is 0.799. The molecule has 0 unspecified atom stereocenters. The van der Waals surface area contributed by atoms with Crippen LogP contribution < -0.4 is 5.32 Å². The minimum absolute atomic E-state index is 0.274. The number of nitrogens with one attached hydrogen (secondary N) is 1. The molecule has 1 saturated carbocycles. The van der Waals surface area contributed by atoms with Crippen molar-refractivity contribution in [2.24, 2.45) is 5.92 Å². The first-order valence-corrected chi connectivity index (χ1v) is 5.49. The van der Waals surface area contributed by atoms with Gasteiger partial charge in [-0.05, 0) is 25.3 Å². The van der Waals surface area contributed by atoms with Crippen LogP contribution in [0.15, 0.2) is 0 Å². The lowest BCUT2D eigenvalue weighted by Gasteiger charge is -2.21. The molecule has 1 aliphatic rings. The maximum absolute atomic E-state index is 11.6. The van der Waals surface area contributed by atoms with E-state index < -0.39 is 6.36 Å². The summed E-state index contributed by atoms with van der Waals surface area (Å²) >= 11 is 0. The summed E-state index contributed by atoms with van der Waals surface area (Å²) in [5, 5.41) is 3.00. The molecule has 1 N–H and O–H groups in total. The van der Waals surface area contributed by atoms with Crippen molar-refractivity contribution in [3.8, 4) is 0 Å². The fourth-order valence-corrected chi connectivity index (χ4v) is 1.94. The highest BCUT2D eigenvalue weighted by Gasteiger charge is 2.28. The van der Waals surface area contributed by atoms with E-state index in [9.17, 15) is 13.2 Å². The topological polar surface area (TPSA) is 21.3 Å². The van der Waals surface area contributed by atoms with Gasteiger partial charge in [-0.25, -0.2) is 0 Å². The number of hydrogen-bond donors (Lipinski definition) is 1. The van der Waals surface area contributed by atoms with Gasteiger partial charge in [-0.1, -0.05) is 19.3 Å². The molecule has 0 saturated heterocycles. The van der Waals surface area contributed by atoms with Crippen molar-refractivity contribution in [3.63, 3.8) is 0 Å². The third-order valence-corrected chi connectivity index (χ3v) is 2.70. The zero-order valence-electron chi connectivity index (χ0n) is 8.78. The number of rotatable bonds is 5. The second-order valence-corrected chi connectivity index (χ2v) is 4.00. The van der Waals surface area contributed by atoms with Crippen LogP contribution in [0.2, 0.25) is 0 Å². The minimum Gasteiger partial charge on any atom is -0.314 e. The summed E-state index contributed by atoms with van der Waals surface area (Å²) in [7, 11) is 0. The van der Waals surface area contributed by atoms with E-state index in [0.717, 1.165) is 6.54 Å². The molecule has 0 aliphatic heterocycles. The number of ether oxygens (including phenoxy) is 1. The predicted molar refractivity (Wildman–Crippen MR) is 51.5 cm³/mol. The summed E-state index contributed by atoms with van der Waals surface area (Å²) in [6.07, 6.45) is 1.72. The molecule has 1 aliphatic carbocycles. The molecular formula is C10H18F3NO. The molecule has 1 rings (SSSR count). The van der Waals surface area contributed by atoms with Crippen LogP contribution in [-0.2, 0) is 4.74 Å². The standard InChI is InChI=1S/C10H18F3NO/c11-10(12,13)15-7-6-14-8-9-4-2-1-3-5-9/h9,14H,1-8H2. The molecule has 0 spiro atoms. The van der Waals surface area contributed by atoms with Crippen LogP contribution in [0.1, 0.15) is 32.1 Å². The van der Waals surface area contributed by atoms with E-state index >= 15 is 0 Å². The number of halogens is 3. The third kappa shape index (κ3) is 6.73. The summed E-state index contributed by atoms with van der Waals surface area (Å²) in [5.74, 6) is 0.643. The lowest BCUT2D eigenvalue weighted by molar-refractivity contribution is -0.323. The highest BCUT2D eigenvalue weighted by atomic mass is 19.4. The van der Waals surface area contributed by atoms with E-state index in [1.165, 1.54) is 32.1 Å². The van der Waals surface area contributed by atoms with Gasteiger partial charge in [0.05, 0.1) is 6.61 Å². The van der Waals surface area contributed by atoms with Crippen LogP contribution in [-0.4, -0.2) is 26.1 Å². The van der Waals surface area contributed by atoms with Crippen LogP contribution in [0.5, 0.6) is 0 Å². The maximum Gasteiger partial charge on any atom is 0.522 e. The quantitative estimate of drug-likeness (QED) is 0.726. The molecule has 0 aromatic carbocycles. The minimum atomic E-state index is -4.49. The van der Waals surface area contributed by atoms with Gasteiger partial charge < -0.3 is 5.32 Å². The lowest BCUT2D eigenvalue weighted by Crippen LogP contribution is -2.29. The van der Waals surface area contributed by atoms with Gasteiger partial charge in [-0.3, -0.25) is 4.74 Å². The van der Waals surface area contributed by atoms with E-state index in [1.54, 1.807) is 0 Å². The largest absolute Gasteiger partial charge is 0.522 e. The van der Waals surface area contributed by atoms with Crippen molar-refractivity contribution in [3.05, 3.63) is 0 Å². The van der Waals surface area contributed by atoms with Crippen LogP contribution in [0.25, 0.3) is 0 Å². The lowest BCUT2D eigenvalue weighted by atomic mass is 9.89. The highest BCUT2D eigenvalue weighted by Crippen LogP contribution is 2.22. The molecule has 0 atom stereocenters. The average Bonchev–Trinajstić information content (AvgIpc) is 2.17. The number of alkyl halides is 3. The van der Waals surface area contributed by atoms with E-state index in [-0.39, 0.29) is 13.2 Å². The predicted octanol–water partition coefficient (Wildman–Crippen LogP) is 2.69. The average molecular weight is 225 g/mol. The van der Waals surface area contributed by atoms with Gasteiger partial charge in [-0.15, -0.1) is 13.2 Å². The zero-order chi connectivity index (χ0) is 11.1. The van der Waals surface area contributed by atoms with Gasteiger partial charge in [0.25, 0.3) is 0 Å². The molecule has 15 heavy (non-hydrogen) atoms. The Hall–Kier alpha value is -0.290. The Kier molecular flexibility index (Phi) is 5.39. The Bertz CT molecular complexity index is 167. The smallest absolute Gasteiger partial charge is 0.314 e. The first-order chi connectivity index (χ1) is 7.08. The van der Waals surface area contributed by atoms with E-state index in [2.05, 4.69) is 10.1 Å². The molecule has 5 heteroatoms. The maximum atomic E-state index is 11.6. The Labute approximate surface area is 88.2 Å². The molecule has 0 radical (unpaired) electrons. The van der Waals surface area contributed by atoms with Crippen molar-refractivity contribution in [2.45, 2.75) is 38.5 Å². The Morgan fingerprint density at radius 3 is 2.40 bits per heavy atom. The third-order valence-electron chi connectivity index (χ3n) is 2.70. The molecule has 0 aromatic rings. The molecule has 90 valence electrons. The molecule has 0 bridgehead atoms. The van der Waals surface area contributed by atoms with E-state index in [0.29, 0.717) is 5.92 Å². The molecule has 0 amide bonds. The Morgan fingerprint density at radius 2 is 1.80 bits per heavy atom. The van der Waals surface area contributed by atoms with Crippen LogP contribution in [0.4, 0.5) is 13.2 Å². The first kappa shape index (κ1) is 12.8. The molecule has 0 aromatic heterocycles. The molecule has 2 nitrogen and oxygen atoms in total. The number of hydrogen-bond acceptors (Lipinski definition) is 2. The van der Waals surface area contributed by atoms with Gasteiger partial charge in [0.15, 0.2) is 0 Å². The van der Waals surface area contributed by atoms with Crippen molar-refractivity contribution >= 4 is 0 Å². The second-order valence-electron chi connectivity index (χ2n) is 4.00. The molecule has 1 fully saturated rings. The zero-order valence-corrected chi connectivity index (χ0v) is 8.78. The van der Waals surface area contributed by atoms with Gasteiger partial charge in [0, 0.05) is 6.54 Å². The van der Waals surface area contributed by atoms with Crippen LogP contribution >= 0.6 is 0 Å². The monoisotopic (exact) mass is 225 g/mol. The van der Waals surface area contributed by atoms with Gasteiger partial charge in [-0.2, -0.15) is 0 Å². The normalized spacial score (nSPS) is 19.4. The Balaban J connectivity index is 1.92. The summed E-state index contributed by atoms with van der Waals surface area (Å²) in [5.41, 5.74) is 0. The summed E-state index contributed by atoms with van der Waals surface area (Å²) in [6, 6.07) is 0. The van der Waals surface area contributed by atoms with Crippen molar-refractivity contribution < 1.29 is 17.9 Å². The summed E-state index contributed by atoms with van der Waals surface area (Å²) < 4.78 is 38.4. The van der Waals surface area contributed by atoms with Crippen LogP contribution in [0.3, 0.4) is 0 Å². The van der Waals surface area contributed by atoms with Gasteiger partial charge in [0.1, 0.15) is 0 Å². The van der Waals surface area contributed by atoms with Crippen molar-refractivity contribution in [2.75, 3.05) is 19.7 Å². The van der Waals surface area contributed by atoms with E-state index in [1.807, 2.05) is 0 Å². The molecule has 0 heterocycles. The van der Waals surface area contributed by atoms with Gasteiger partial charge in [0.2, 0.25) is 0 Å². The van der Waals surface area contributed by atoms with Gasteiger partial charge >= 0.3 is 6.36 Å². The first-order valence-electron chi connectivity index (χ1n) is 5.49. The highest BCUT2D eigenvalue weighted by molar-refractivity contribution is 4.67. The van der Waals surface area contributed by atoms with Crippen molar-refractivity contribution in [1.82, 2.24) is 5.32 Å². The van der Waals surface area contributed by atoms with Crippen molar-refractivity contribution in [1.29, 1.82) is 0 Å². The second kappa shape index (κ2) is 6.33. The van der Waals surface area contributed by atoms with Crippen LogP contribution in [0, 0.1) is 5.92 Å².